The molecule has 0 bridgehead atoms. The Kier molecular flexibility index (Phi) is 3.92. The maximum Gasteiger partial charge on any atom is 0.0733 e. The van der Waals surface area contributed by atoms with E-state index in [2.05, 4.69) is 50.5 Å². The number of benzene rings is 1. The molecule has 1 aromatic carbocycles. The van der Waals surface area contributed by atoms with Gasteiger partial charge in [-0.15, -0.1) is 0 Å². The van der Waals surface area contributed by atoms with Crippen LogP contribution in [0.4, 0.5) is 5.69 Å². The second kappa shape index (κ2) is 5.85. The molecule has 0 aliphatic carbocycles. The SMILES string of the molecule is CCc1nn(C)cc1CNc1ccnc2cc(Br)ccc12. The molecule has 0 aliphatic heterocycles. The molecule has 4 nitrogen and oxygen atoms in total. The van der Waals surface area contributed by atoms with Gasteiger partial charge in [0, 0.05) is 47.1 Å². The minimum atomic E-state index is 0.770. The summed E-state index contributed by atoms with van der Waals surface area (Å²) in [5.41, 5.74) is 4.46. The lowest BCUT2D eigenvalue weighted by Crippen LogP contribution is -2.02. The number of pyridine rings is 1. The van der Waals surface area contributed by atoms with E-state index in [1.54, 1.807) is 0 Å². The van der Waals surface area contributed by atoms with Crippen molar-refractivity contribution in [3.05, 3.63) is 52.4 Å². The summed E-state index contributed by atoms with van der Waals surface area (Å²) in [7, 11) is 1.96. The zero-order chi connectivity index (χ0) is 14.8. The third-order valence-electron chi connectivity index (χ3n) is 3.50. The molecule has 0 saturated heterocycles. The predicted octanol–water partition coefficient (Wildman–Crippen LogP) is 3.91. The van der Waals surface area contributed by atoms with E-state index >= 15 is 0 Å². The number of nitrogens with zero attached hydrogens (tertiary/aromatic N) is 3. The molecule has 0 atom stereocenters. The summed E-state index contributed by atoms with van der Waals surface area (Å²) < 4.78 is 2.91. The van der Waals surface area contributed by atoms with Crippen LogP contribution in [0.1, 0.15) is 18.2 Å². The maximum atomic E-state index is 4.47. The van der Waals surface area contributed by atoms with Crippen molar-refractivity contribution >= 4 is 32.5 Å². The summed E-state index contributed by atoms with van der Waals surface area (Å²) >= 11 is 3.48. The molecule has 1 N–H and O–H groups in total. The van der Waals surface area contributed by atoms with Gasteiger partial charge >= 0.3 is 0 Å². The van der Waals surface area contributed by atoms with Crippen molar-refractivity contribution < 1.29 is 0 Å². The lowest BCUT2D eigenvalue weighted by Gasteiger charge is -2.09. The van der Waals surface area contributed by atoms with Gasteiger partial charge in [-0.2, -0.15) is 5.10 Å². The lowest BCUT2D eigenvalue weighted by atomic mass is 10.1. The Labute approximate surface area is 132 Å². The minimum Gasteiger partial charge on any atom is -0.380 e. The van der Waals surface area contributed by atoms with Crippen LogP contribution in [0.25, 0.3) is 10.9 Å². The largest absolute Gasteiger partial charge is 0.380 e. The fraction of sp³-hybridized carbons (Fsp3) is 0.250. The molecular formula is C16H17BrN4. The number of nitrogens with one attached hydrogen (secondary N) is 1. The zero-order valence-electron chi connectivity index (χ0n) is 12.1. The number of anilines is 1. The molecule has 0 spiro atoms. The Bertz CT molecular complexity index is 779. The van der Waals surface area contributed by atoms with Crippen LogP contribution in [-0.4, -0.2) is 14.8 Å². The van der Waals surface area contributed by atoms with Crippen molar-refractivity contribution in [2.45, 2.75) is 19.9 Å². The molecule has 3 aromatic rings. The van der Waals surface area contributed by atoms with Gasteiger partial charge in [-0.1, -0.05) is 22.9 Å². The highest BCUT2D eigenvalue weighted by atomic mass is 79.9. The van der Waals surface area contributed by atoms with Gasteiger partial charge in [-0.25, -0.2) is 0 Å². The Balaban J connectivity index is 1.88. The quantitative estimate of drug-likeness (QED) is 0.780. The number of aryl methyl sites for hydroxylation is 2. The van der Waals surface area contributed by atoms with Gasteiger partial charge in [0.15, 0.2) is 0 Å². The molecule has 0 saturated carbocycles. The van der Waals surface area contributed by atoms with Crippen molar-refractivity contribution in [2.24, 2.45) is 7.05 Å². The number of halogens is 1. The van der Waals surface area contributed by atoms with Crippen LogP contribution in [0.2, 0.25) is 0 Å². The molecular weight excluding hydrogens is 328 g/mol. The zero-order valence-corrected chi connectivity index (χ0v) is 13.7. The topological polar surface area (TPSA) is 42.7 Å². The van der Waals surface area contributed by atoms with Crippen LogP contribution in [0.5, 0.6) is 0 Å². The van der Waals surface area contributed by atoms with Gasteiger partial charge in [0.25, 0.3) is 0 Å². The van der Waals surface area contributed by atoms with Gasteiger partial charge in [0.1, 0.15) is 0 Å². The van der Waals surface area contributed by atoms with E-state index in [1.807, 2.05) is 36.1 Å². The summed E-state index contributed by atoms with van der Waals surface area (Å²) in [5.74, 6) is 0. The molecule has 0 unspecified atom stereocenters. The van der Waals surface area contributed by atoms with Gasteiger partial charge < -0.3 is 5.32 Å². The minimum absolute atomic E-state index is 0.770. The molecule has 5 heteroatoms. The molecule has 108 valence electrons. The van der Waals surface area contributed by atoms with E-state index in [0.717, 1.165) is 39.7 Å². The first-order valence-electron chi connectivity index (χ1n) is 6.97. The second-order valence-corrected chi connectivity index (χ2v) is 5.92. The Morgan fingerprint density at radius 2 is 2.14 bits per heavy atom. The highest BCUT2D eigenvalue weighted by molar-refractivity contribution is 9.10. The van der Waals surface area contributed by atoms with Crippen LogP contribution >= 0.6 is 15.9 Å². The second-order valence-electron chi connectivity index (χ2n) is 5.00. The van der Waals surface area contributed by atoms with E-state index in [-0.39, 0.29) is 0 Å². The number of rotatable bonds is 4. The molecule has 0 amide bonds. The first-order chi connectivity index (χ1) is 10.2. The Morgan fingerprint density at radius 3 is 2.95 bits per heavy atom. The molecule has 2 aromatic heterocycles. The monoisotopic (exact) mass is 344 g/mol. The van der Waals surface area contributed by atoms with E-state index in [4.69, 9.17) is 0 Å². The average Bonchev–Trinajstić information content (AvgIpc) is 2.84. The first-order valence-corrected chi connectivity index (χ1v) is 7.76. The van der Waals surface area contributed by atoms with Crippen LogP contribution in [0.15, 0.2) is 41.1 Å². The van der Waals surface area contributed by atoms with Crippen molar-refractivity contribution in [1.82, 2.24) is 14.8 Å². The molecule has 3 rings (SSSR count). The summed E-state index contributed by atoms with van der Waals surface area (Å²) in [6, 6.07) is 8.16. The van der Waals surface area contributed by atoms with Gasteiger partial charge in [0.2, 0.25) is 0 Å². The van der Waals surface area contributed by atoms with Crippen molar-refractivity contribution in [3.63, 3.8) is 0 Å². The van der Waals surface area contributed by atoms with Crippen LogP contribution in [0, 0.1) is 0 Å². The lowest BCUT2D eigenvalue weighted by molar-refractivity contribution is 0.746. The standard InChI is InChI=1S/C16H17BrN4/c1-3-14-11(10-21(2)20-14)9-19-15-6-7-18-16-8-12(17)4-5-13(15)16/h4-8,10H,3,9H2,1-2H3,(H,18,19). The first kappa shape index (κ1) is 14.1. The Hall–Kier alpha value is -1.88. The molecule has 2 heterocycles. The molecule has 21 heavy (non-hydrogen) atoms. The summed E-state index contributed by atoms with van der Waals surface area (Å²) in [6.45, 7) is 2.90. The van der Waals surface area contributed by atoms with Crippen LogP contribution < -0.4 is 5.32 Å². The maximum absolute atomic E-state index is 4.47. The molecule has 0 aliphatic rings. The fourth-order valence-corrected chi connectivity index (χ4v) is 2.84. The fourth-order valence-electron chi connectivity index (χ4n) is 2.49. The van der Waals surface area contributed by atoms with E-state index in [1.165, 1.54) is 5.56 Å². The summed E-state index contributed by atoms with van der Waals surface area (Å²) in [6.07, 6.45) is 4.86. The predicted molar refractivity (Wildman–Crippen MR) is 89.4 cm³/mol. The molecule has 0 radical (unpaired) electrons. The number of hydrogen-bond acceptors (Lipinski definition) is 3. The number of hydrogen-bond donors (Lipinski definition) is 1. The van der Waals surface area contributed by atoms with Gasteiger partial charge in [0.05, 0.1) is 11.2 Å². The number of aromatic nitrogens is 3. The van der Waals surface area contributed by atoms with Crippen molar-refractivity contribution in [1.29, 1.82) is 0 Å². The third-order valence-corrected chi connectivity index (χ3v) is 3.99. The van der Waals surface area contributed by atoms with Crippen molar-refractivity contribution in [3.8, 4) is 0 Å². The Morgan fingerprint density at radius 1 is 1.29 bits per heavy atom. The normalized spacial score (nSPS) is 11.0. The highest BCUT2D eigenvalue weighted by Crippen LogP contribution is 2.25. The van der Waals surface area contributed by atoms with E-state index in [0.29, 0.717) is 0 Å². The summed E-state index contributed by atoms with van der Waals surface area (Å²) in [4.78, 5) is 4.41. The third kappa shape index (κ3) is 2.93. The van der Waals surface area contributed by atoms with Gasteiger partial charge in [-0.05, 0) is 30.7 Å². The van der Waals surface area contributed by atoms with E-state index in [9.17, 15) is 0 Å². The highest BCUT2D eigenvalue weighted by Gasteiger charge is 2.07. The smallest absolute Gasteiger partial charge is 0.0733 e. The van der Waals surface area contributed by atoms with Crippen LogP contribution in [0.3, 0.4) is 0 Å². The average molecular weight is 345 g/mol. The summed E-state index contributed by atoms with van der Waals surface area (Å²) in [5, 5.41) is 9.10. The molecule has 0 fully saturated rings. The van der Waals surface area contributed by atoms with Crippen molar-refractivity contribution in [2.75, 3.05) is 5.32 Å². The van der Waals surface area contributed by atoms with Gasteiger partial charge in [-0.3, -0.25) is 9.67 Å². The number of fused-ring (bicyclic) bond motifs is 1. The van der Waals surface area contributed by atoms with E-state index < -0.39 is 0 Å². The van der Waals surface area contributed by atoms with Crippen LogP contribution in [-0.2, 0) is 20.0 Å².